The van der Waals surface area contributed by atoms with Gasteiger partial charge in [0.2, 0.25) is 0 Å². The number of benzene rings is 1. The van der Waals surface area contributed by atoms with Crippen molar-refractivity contribution < 1.29 is 15.1 Å². The molecule has 1 aromatic carbocycles. The van der Waals surface area contributed by atoms with Crippen LogP contribution in [0.2, 0.25) is 0 Å². The second-order valence-electron chi connectivity index (χ2n) is 3.70. The zero-order valence-electron chi connectivity index (χ0n) is 9.71. The van der Waals surface area contributed by atoms with E-state index in [9.17, 15) is 9.90 Å². The number of nitrogens with zero attached hydrogens (tertiary/aromatic N) is 2. The molecule has 0 heterocycles. The lowest BCUT2D eigenvalue weighted by Crippen LogP contribution is -2.35. The molecule has 1 rings (SSSR count). The van der Waals surface area contributed by atoms with E-state index in [1.165, 1.54) is 18.0 Å². The van der Waals surface area contributed by atoms with E-state index in [0.29, 0.717) is 11.1 Å². The van der Waals surface area contributed by atoms with Gasteiger partial charge in [-0.3, -0.25) is 4.79 Å². The van der Waals surface area contributed by atoms with Crippen LogP contribution in [0.4, 0.5) is 0 Å². The molecule has 6 nitrogen and oxygen atoms in total. The predicted molar refractivity (Wildman–Crippen MR) is 63.2 cm³/mol. The maximum absolute atomic E-state index is 12.0. The Bertz CT molecular complexity index is 457. The molecule has 0 aliphatic carbocycles. The molecule has 4 N–H and O–H groups in total. The Morgan fingerprint density at radius 3 is 2.76 bits per heavy atom. The molecule has 0 aliphatic heterocycles. The summed E-state index contributed by atoms with van der Waals surface area (Å²) in [6.07, 6.45) is 0. The highest BCUT2D eigenvalue weighted by atomic mass is 16.4. The number of likely N-dealkylation sites (N-methyl/N-ethyl adjacent to an activating group) is 1. The summed E-state index contributed by atoms with van der Waals surface area (Å²) in [7, 11) is 1.53. The van der Waals surface area contributed by atoms with Gasteiger partial charge in [0.1, 0.15) is 5.75 Å². The van der Waals surface area contributed by atoms with Gasteiger partial charge >= 0.3 is 0 Å². The SMILES string of the molecule is Cc1c(O)cccc1C(=O)N(C)C/C(N)=N/O. The van der Waals surface area contributed by atoms with E-state index < -0.39 is 0 Å². The Morgan fingerprint density at radius 2 is 2.18 bits per heavy atom. The van der Waals surface area contributed by atoms with Crippen LogP contribution in [0, 0.1) is 6.92 Å². The van der Waals surface area contributed by atoms with Crippen LogP contribution in [0.15, 0.2) is 23.4 Å². The van der Waals surface area contributed by atoms with E-state index >= 15 is 0 Å². The van der Waals surface area contributed by atoms with Crippen LogP contribution >= 0.6 is 0 Å². The van der Waals surface area contributed by atoms with E-state index in [1.807, 2.05) is 0 Å². The molecule has 0 saturated heterocycles. The van der Waals surface area contributed by atoms with Crippen molar-refractivity contribution in [2.24, 2.45) is 10.9 Å². The number of amidine groups is 1. The first kappa shape index (κ1) is 12.8. The maximum atomic E-state index is 12.0. The molecule has 0 saturated carbocycles. The zero-order chi connectivity index (χ0) is 13.0. The largest absolute Gasteiger partial charge is 0.508 e. The first-order valence-corrected chi connectivity index (χ1v) is 4.97. The van der Waals surface area contributed by atoms with Crippen LogP contribution in [0.1, 0.15) is 15.9 Å². The lowest BCUT2D eigenvalue weighted by molar-refractivity contribution is 0.0812. The summed E-state index contributed by atoms with van der Waals surface area (Å²) in [5.41, 5.74) is 6.21. The highest BCUT2D eigenvalue weighted by Crippen LogP contribution is 2.20. The van der Waals surface area contributed by atoms with Gasteiger partial charge in [0.25, 0.3) is 5.91 Å². The summed E-state index contributed by atoms with van der Waals surface area (Å²) in [6, 6.07) is 4.71. The highest BCUT2D eigenvalue weighted by Gasteiger charge is 2.16. The van der Waals surface area contributed by atoms with Crippen LogP contribution in [-0.2, 0) is 0 Å². The van der Waals surface area contributed by atoms with Gasteiger partial charge in [0.05, 0.1) is 6.54 Å². The lowest BCUT2D eigenvalue weighted by Gasteiger charge is -2.17. The van der Waals surface area contributed by atoms with Gasteiger partial charge in [-0.25, -0.2) is 0 Å². The minimum absolute atomic E-state index is 0.0183. The third kappa shape index (κ3) is 2.87. The molecule has 6 heteroatoms. The molecule has 0 aromatic heterocycles. The minimum Gasteiger partial charge on any atom is -0.508 e. The smallest absolute Gasteiger partial charge is 0.254 e. The summed E-state index contributed by atoms with van der Waals surface area (Å²) in [4.78, 5) is 13.3. The van der Waals surface area contributed by atoms with Crippen molar-refractivity contribution >= 4 is 11.7 Å². The van der Waals surface area contributed by atoms with Gasteiger partial charge < -0.3 is 20.9 Å². The molecular weight excluding hydrogens is 222 g/mol. The van der Waals surface area contributed by atoms with Gasteiger partial charge in [-0.05, 0) is 19.1 Å². The van der Waals surface area contributed by atoms with E-state index in [2.05, 4.69) is 5.16 Å². The monoisotopic (exact) mass is 237 g/mol. The number of nitrogens with two attached hydrogens (primary N) is 1. The standard InChI is InChI=1S/C11H15N3O3/c1-7-8(4-3-5-9(7)15)11(16)14(2)6-10(12)13-17/h3-5,15,17H,6H2,1-2H3,(H2,12,13). The summed E-state index contributed by atoms with van der Waals surface area (Å²) in [5, 5.41) is 20.7. The average molecular weight is 237 g/mol. The van der Waals surface area contributed by atoms with Crippen LogP contribution in [0.3, 0.4) is 0 Å². The van der Waals surface area contributed by atoms with E-state index in [4.69, 9.17) is 10.9 Å². The molecule has 1 aromatic rings. The quantitative estimate of drug-likeness (QED) is 0.309. The number of phenols is 1. The second kappa shape index (κ2) is 5.20. The van der Waals surface area contributed by atoms with Gasteiger partial charge in [-0.15, -0.1) is 0 Å². The van der Waals surface area contributed by atoms with E-state index in [0.717, 1.165) is 0 Å². The molecule has 0 aliphatic rings. The molecule has 0 atom stereocenters. The fourth-order valence-corrected chi connectivity index (χ4v) is 1.41. The number of amides is 1. The molecule has 0 fully saturated rings. The third-order valence-electron chi connectivity index (χ3n) is 2.41. The summed E-state index contributed by atoms with van der Waals surface area (Å²) >= 11 is 0. The number of carbonyl (C=O) groups excluding carboxylic acids is 1. The lowest BCUT2D eigenvalue weighted by atomic mass is 10.1. The molecule has 92 valence electrons. The molecule has 0 spiro atoms. The Kier molecular flexibility index (Phi) is 3.92. The first-order valence-electron chi connectivity index (χ1n) is 4.97. The third-order valence-corrected chi connectivity index (χ3v) is 2.41. The fraction of sp³-hybridized carbons (Fsp3) is 0.273. The average Bonchev–Trinajstić information content (AvgIpc) is 2.31. The number of oxime groups is 1. The van der Waals surface area contributed by atoms with Crippen molar-refractivity contribution in [3.63, 3.8) is 0 Å². The number of rotatable bonds is 3. The first-order chi connectivity index (χ1) is 7.97. The zero-order valence-corrected chi connectivity index (χ0v) is 9.71. The van der Waals surface area contributed by atoms with E-state index in [-0.39, 0.29) is 24.0 Å². The maximum Gasteiger partial charge on any atom is 0.254 e. The highest BCUT2D eigenvalue weighted by molar-refractivity contribution is 5.98. The van der Waals surface area contributed by atoms with Gasteiger partial charge in [-0.1, -0.05) is 11.2 Å². The molecule has 0 radical (unpaired) electrons. The van der Waals surface area contributed by atoms with Crippen molar-refractivity contribution in [1.29, 1.82) is 0 Å². The van der Waals surface area contributed by atoms with Crippen molar-refractivity contribution in [3.8, 4) is 5.75 Å². The van der Waals surface area contributed by atoms with Gasteiger partial charge in [0.15, 0.2) is 5.84 Å². The Labute approximate surface area is 99.0 Å². The molecule has 0 unspecified atom stereocenters. The van der Waals surface area contributed by atoms with E-state index in [1.54, 1.807) is 19.1 Å². The molecule has 0 bridgehead atoms. The molecule has 17 heavy (non-hydrogen) atoms. The fourth-order valence-electron chi connectivity index (χ4n) is 1.41. The van der Waals surface area contributed by atoms with Crippen LogP contribution in [-0.4, -0.2) is 40.5 Å². The van der Waals surface area contributed by atoms with Crippen molar-refractivity contribution in [2.75, 3.05) is 13.6 Å². The minimum atomic E-state index is -0.301. The van der Waals surface area contributed by atoms with Gasteiger partial charge in [-0.2, -0.15) is 0 Å². The molecule has 1 amide bonds. The predicted octanol–water partition coefficient (Wildman–Crippen LogP) is 0.519. The van der Waals surface area contributed by atoms with Gasteiger partial charge in [0, 0.05) is 18.2 Å². The number of aromatic hydroxyl groups is 1. The van der Waals surface area contributed by atoms with Crippen LogP contribution in [0.25, 0.3) is 0 Å². The Balaban J connectivity index is 2.93. The number of hydrogen-bond acceptors (Lipinski definition) is 4. The Hall–Kier alpha value is -2.24. The van der Waals surface area contributed by atoms with Crippen LogP contribution < -0.4 is 5.73 Å². The summed E-state index contributed by atoms with van der Waals surface area (Å²) in [5.74, 6) is -0.295. The Morgan fingerprint density at radius 1 is 1.53 bits per heavy atom. The summed E-state index contributed by atoms with van der Waals surface area (Å²) < 4.78 is 0. The second-order valence-corrected chi connectivity index (χ2v) is 3.70. The van der Waals surface area contributed by atoms with Crippen molar-refractivity contribution in [2.45, 2.75) is 6.92 Å². The number of phenolic OH excluding ortho intramolecular Hbond substituents is 1. The number of carbonyl (C=O) groups is 1. The van der Waals surface area contributed by atoms with Crippen LogP contribution in [0.5, 0.6) is 5.75 Å². The number of hydrogen-bond donors (Lipinski definition) is 3. The topological polar surface area (TPSA) is 99.2 Å². The van der Waals surface area contributed by atoms with Crippen molar-refractivity contribution in [3.05, 3.63) is 29.3 Å². The molecular formula is C11H15N3O3. The normalized spacial score (nSPS) is 11.3. The van der Waals surface area contributed by atoms with Crippen molar-refractivity contribution in [1.82, 2.24) is 4.90 Å². The summed E-state index contributed by atoms with van der Waals surface area (Å²) in [6.45, 7) is 1.67.